The van der Waals surface area contributed by atoms with Gasteiger partial charge in [0.2, 0.25) is 0 Å². The predicted molar refractivity (Wildman–Crippen MR) is 63.8 cm³/mol. The second-order valence-corrected chi connectivity index (χ2v) is 6.13. The third-order valence-electron chi connectivity index (χ3n) is 2.88. The molecule has 2 nitrogen and oxygen atoms in total. The van der Waals surface area contributed by atoms with E-state index in [1.165, 1.54) is 24.3 Å². The molecular formula is C11H23NOS. The van der Waals surface area contributed by atoms with E-state index >= 15 is 0 Å². The molecule has 0 radical (unpaired) electrons. The first-order valence-electron chi connectivity index (χ1n) is 5.56. The van der Waals surface area contributed by atoms with Crippen LogP contribution >= 0.6 is 11.8 Å². The van der Waals surface area contributed by atoms with E-state index in [0.29, 0.717) is 12.6 Å². The Kier molecular flexibility index (Phi) is 5.28. The molecular weight excluding hydrogens is 194 g/mol. The molecule has 0 amide bonds. The van der Waals surface area contributed by atoms with Crippen LogP contribution < -0.4 is 5.32 Å². The Morgan fingerprint density at radius 3 is 2.57 bits per heavy atom. The van der Waals surface area contributed by atoms with Crippen LogP contribution in [-0.4, -0.2) is 35.8 Å². The minimum Gasteiger partial charge on any atom is -0.396 e. The van der Waals surface area contributed by atoms with E-state index in [0.717, 1.165) is 13.0 Å². The molecule has 0 aromatic heterocycles. The Morgan fingerprint density at radius 2 is 2.00 bits per heavy atom. The number of aliphatic hydroxyl groups excluding tert-OH is 1. The second kappa shape index (κ2) is 5.99. The van der Waals surface area contributed by atoms with Gasteiger partial charge in [0.25, 0.3) is 0 Å². The van der Waals surface area contributed by atoms with Crippen molar-refractivity contribution in [2.24, 2.45) is 5.41 Å². The Bertz CT molecular complexity index is 155. The summed E-state index contributed by atoms with van der Waals surface area (Å²) in [6.45, 7) is 5.76. The van der Waals surface area contributed by atoms with Crippen molar-refractivity contribution in [3.05, 3.63) is 0 Å². The maximum absolute atomic E-state index is 8.91. The van der Waals surface area contributed by atoms with Gasteiger partial charge in [-0.25, -0.2) is 0 Å². The van der Waals surface area contributed by atoms with Crippen LogP contribution in [0, 0.1) is 5.41 Å². The fourth-order valence-corrected chi connectivity index (χ4v) is 2.82. The predicted octanol–water partition coefficient (Wildman–Crippen LogP) is 1.88. The third-order valence-corrected chi connectivity index (χ3v) is 3.93. The normalized spacial score (nSPS) is 19.9. The largest absolute Gasteiger partial charge is 0.396 e. The number of hydrogen-bond donors (Lipinski definition) is 2. The van der Waals surface area contributed by atoms with Crippen LogP contribution in [0.1, 0.15) is 33.1 Å². The topological polar surface area (TPSA) is 32.3 Å². The molecule has 1 aliphatic rings. The minimum absolute atomic E-state index is 0.235. The summed E-state index contributed by atoms with van der Waals surface area (Å²) < 4.78 is 0. The van der Waals surface area contributed by atoms with Gasteiger partial charge in [0.15, 0.2) is 0 Å². The van der Waals surface area contributed by atoms with E-state index in [-0.39, 0.29) is 5.41 Å². The Morgan fingerprint density at radius 1 is 1.36 bits per heavy atom. The highest BCUT2D eigenvalue weighted by atomic mass is 32.2. The lowest BCUT2D eigenvalue weighted by Gasteiger charge is -2.29. The zero-order chi connectivity index (χ0) is 10.4. The third kappa shape index (κ3) is 4.67. The highest BCUT2D eigenvalue weighted by molar-refractivity contribution is 7.99. The SMILES string of the molecule is CC(C)(CCO)CNC1CCSCC1. The van der Waals surface area contributed by atoms with Crippen LogP contribution in [-0.2, 0) is 0 Å². The quantitative estimate of drug-likeness (QED) is 0.737. The molecule has 1 fully saturated rings. The molecule has 2 N–H and O–H groups in total. The summed E-state index contributed by atoms with van der Waals surface area (Å²) in [4.78, 5) is 0. The molecule has 0 bridgehead atoms. The van der Waals surface area contributed by atoms with E-state index in [9.17, 15) is 0 Å². The fraction of sp³-hybridized carbons (Fsp3) is 1.00. The zero-order valence-electron chi connectivity index (χ0n) is 9.38. The average molecular weight is 217 g/mol. The van der Waals surface area contributed by atoms with Crippen molar-refractivity contribution in [3.63, 3.8) is 0 Å². The molecule has 1 heterocycles. The van der Waals surface area contributed by atoms with Gasteiger partial charge in [0.1, 0.15) is 0 Å². The summed E-state index contributed by atoms with van der Waals surface area (Å²) in [5.41, 5.74) is 0.235. The first-order valence-corrected chi connectivity index (χ1v) is 6.71. The monoisotopic (exact) mass is 217 g/mol. The Labute approximate surface area is 91.9 Å². The van der Waals surface area contributed by atoms with E-state index in [1.54, 1.807) is 0 Å². The second-order valence-electron chi connectivity index (χ2n) is 4.91. The van der Waals surface area contributed by atoms with Gasteiger partial charge in [-0.3, -0.25) is 0 Å². The van der Waals surface area contributed by atoms with Crippen molar-refractivity contribution in [1.29, 1.82) is 0 Å². The van der Waals surface area contributed by atoms with Crippen molar-refractivity contribution >= 4 is 11.8 Å². The van der Waals surface area contributed by atoms with Crippen LogP contribution in [0.4, 0.5) is 0 Å². The molecule has 0 unspecified atom stereocenters. The first-order chi connectivity index (χ1) is 6.64. The van der Waals surface area contributed by atoms with E-state index in [1.807, 2.05) is 0 Å². The first kappa shape index (κ1) is 12.3. The van der Waals surface area contributed by atoms with Crippen molar-refractivity contribution in [2.75, 3.05) is 24.7 Å². The zero-order valence-corrected chi connectivity index (χ0v) is 10.2. The summed E-state index contributed by atoms with van der Waals surface area (Å²) in [7, 11) is 0. The highest BCUT2D eigenvalue weighted by Gasteiger charge is 2.20. The number of nitrogens with one attached hydrogen (secondary N) is 1. The molecule has 0 atom stereocenters. The van der Waals surface area contributed by atoms with E-state index in [4.69, 9.17) is 5.11 Å². The van der Waals surface area contributed by atoms with Crippen LogP contribution in [0.3, 0.4) is 0 Å². The molecule has 0 aromatic rings. The Balaban J connectivity index is 2.17. The lowest BCUT2D eigenvalue weighted by atomic mass is 9.89. The van der Waals surface area contributed by atoms with Crippen LogP contribution in [0.2, 0.25) is 0 Å². The fourth-order valence-electron chi connectivity index (χ4n) is 1.71. The number of aliphatic hydroxyl groups is 1. The van der Waals surface area contributed by atoms with Crippen molar-refractivity contribution in [3.8, 4) is 0 Å². The maximum Gasteiger partial charge on any atom is 0.0436 e. The van der Waals surface area contributed by atoms with Gasteiger partial charge in [-0.05, 0) is 36.2 Å². The van der Waals surface area contributed by atoms with Gasteiger partial charge < -0.3 is 10.4 Å². The summed E-state index contributed by atoms with van der Waals surface area (Å²) in [5.74, 6) is 2.61. The van der Waals surface area contributed by atoms with Crippen LogP contribution in [0.25, 0.3) is 0 Å². The number of rotatable bonds is 5. The number of thioether (sulfide) groups is 1. The summed E-state index contributed by atoms with van der Waals surface area (Å²) in [6, 6.07) is 0.717. The molecule has 0 spiro atoms. The van der Waals surface area contributed by atoms with Crippen LogP contribution in [0.15, 0.2) is 0 Å². The summed E-state index contributed by atoms with van der Waals surface area (Å²) >= 11 is 2.06. The molecule has 0 aliphatic carbocycles. The lowest BCUT2D eigenvalue weighted by molar-refractivity contribution is 0.201. The van der Waals surface area contributed by atoms with Gasteiger partial charge >= 0.3 is 0 Å². The van der Waals surface area contributed by atoms with Crippen molar-refractivity contribution in [1.82, 2.24) is 5.32 Å². The van der Waals surface area contributed by atoms with Gasteiger partial charge in [-0.1, -0.05) is 13.8 Å². The smallest absolute Gasteiger partial charge is 0.0436 e. The molecule has 3 heteroatoms. The van der Waals surface area contributed by atoms with Gasteiger partial charge in [-0.15, -0.1) is 0 Å². The Hall–Kier alpha value is 0.270. The van der Waals surface area contributed by atoms with Gasteiger partial charge in [-0.2, -0.15) is 11.8 Å². The van der Waals surface area contributed by atoms with Gasteiger partial charge in [0.05, 0.1) is 0 Å². The maximum atomic E-state index is 8.91. The molecule has 0 saturated carbocycles. The van der Waals surface area contributed by atoms with E-state index in [2.05, 4.69) is 30.9 Å². The standard InChI is InChI=1S/C11H23NOS/c1-11(2,5-6-13)9-12-10-3-7-14-8-4-10/h10,12-13H,3-9H2,1-2H3. The minimum atomic E-state index is 0.235. The van der Waals surface area contributed by atoms with E-state index < -0.39 is 0 Å². The molecule has 14 heavy (non-hydrogen) atoms. The molecule has 84 valence electrons. The van der Waals surface area contributed by atoms with Crippen molar-refractivity contribution in [2.45, 2.75) is 39.2 Å². The summed E-state index contributed by atoms with van der Waals surface area (Å²) in [5, 5.41) is 12.5. The molecule has 1 saturated heterocycles. The van der Waals surface area contributed by atoms with Gasteiger partial charge in [0, 0.05) is 19.2 Å². The van der Waals surface area contributed by atoms with Crippen LogP contribution in [0.5, 0.6) is 0 Å². The summed E-state index contributed by atoms with van der Waals surface area (Å²) in [6.07, 6.45) is 3.50. The molecule has 0 aromatic carbocycles. The lowest BCUT2D eigenvalue weighted by Crippen LogP contribution is -2.39. The average Bonchev–Trinajstić information content (AvgIpc) is 2.17. The van der Waals surface area contributed by atoms with Crippen molar-refractivity contribution < 1.29 is 5.11 Å². The highest BCUT2D eigenvalue weighted by Crippen LogP contribution is 2.21. The molecule has 1 aliphatic heterocycles. The molecule has 1 rings (SSSR count). The number of hydrogen-bond acceptors (Lipinski definition) is 3.